The molecule has 2 N–H and O–H groups in total. The minimum atomic E-state index is -0.393. The summed E-state index contributed by atoms with van der Waals surface area (Å²) in [5, 5.41) is 14.0. The van der Waals surface area contributed by atoms with Gasteiger partial charge in [-0.2, -0.15) is 0 Å². The Balaban J connectivity index is 2.57. The van der Waals surface area contributed by atoms with Crippen LogP contribution in [-0.2, 0) is 0 Å². The first kappa shape index (κ1) is 12.0. The predicted octanol–water partition coefficient (Wildman–Crippen LogP) is 2.17. The van der Waals surface area contributed by atoms with Crippen molar-refractivity contribution in [3.63, 3.8) is 0 Å². The van der Waals surface area contributed by atoms with Gasteiger partial charge in [0.25, 0.3) is 0 Å². The summed E-state index contributed by atoms with van der Waals surface area (Å²) in [6, 6.07) is 0. The zero-order chi connectivity index (χ0) is 10.6. The molecular weight excluding hydrogens is 174 g/mol. The van der Waals surface area contributed by atoms with Gasteiger partial charge in [0.2, 0.25) is 0 Å². The molecule has 1 heterocycles. The van der Waals surface area contributed by atoms with Crippen LogP contribution in [0.5, 0.6) is 0 Å². The molecule has 1 aliphatic rings. The number of aliphatic hydroxyl groups is 1. The molecule has 0 spiro atoms. The maximum atomic E-state index is 10.6. The van der Waals surface area contributed by atoms with E-state index in [1.165, 1.54) is 6.42 Å². The Kier molecular flexibility index (Phi) is 4.39. The molecule has 3 unspecified atom stereocenters. The van der Waals surface area contributed by atoms with Gasteiger partial charge < -0.3 is 10.4 Å². The largest absolute Gasteiger partial charge is 0.389 e. The normalized spacial score (nSPS) is 35.6. The van der Waals surface area contributed by atoms with Crippen molar-refractivity contribution in [3.8, 4) is 0 Å². The van der Waals surface area contributed by atoms with Crippen molar-refractivity contribution in [3.05, 3.63) is 0 Å². The average Bonchev–Trinajstić information content (AvgIpc) is 2.18. The van der Waals surface area contributed by atoms with Crippen molar-refractivity contribution in [1.29, 1.82) is 0 Å². The fraction of sp³-hybridized carbons (Fsp3) is 1.00. The number of piperidine rings is 1. The molecule has 0 aliphatic carbocycles. The van der Waals surface area contributed by atoms with Crippen LogP contribution in [0.3, 0.4) is 0 Å². The van der Waals surface area contributed by atoms with Crippen LogP contribution in [0.25, 0.3) is 0 Å². The molecule has 0 bridgehead atoms. The summed E-state index contributed by atoms with van der Waals surface area (Å²) < 4.78 is 0. The summed E-state index contributed by atoms with van der Waals surface area (Å²) in [6.45, 7) is 8.59. The van der Waals surface area contributed by atoms with E-state index in [0.717, 1.165) is 32.4 Å². The number of hydrogen-bond donors (Lipinski definition) is 2. The summed E-state index contributed by atoms with van der Waals surface area (Å²) in [4.78, 5) is 0. The molecule has 14 heavy (non-hydrogen) atoms. The molecule has 0 aromatic rings. The second kappa shape index (κ2) is 5.13. The highest BCUT2D eigenvalue weighted by molar-refractivity contribution is 4.92. The van der Waals surface area contributed by atoms with Crippen molar-refractivity contribution in [1.82, 2.24) is 5.32 Å². The first-order valence-electron chi connectivity index (χ1n) is 6.05. The topological polar surface area (TPSA) is 32.3 Å². The molecule has 0 amide bonds. The lowest BCUT2D eigenvalue weighted by Gasteiger charge is -2.41. The molecule has 1 fully saturated rings. The van der Waals surface area contributed by atoms with E-state index in [0.29, 0.717) is 11.8 Å². The van der Waals surface area contributed by atoms with Gasteiger partial charge in [0, 0.05) is 6.54 Å². The zero-order valence-electron chi connectivity index (χ0n) is 9.84. The fourth-order valence-electron chi connectivity index (χ4n) is 2.52. The van der Waals surface area contributed by atoms with E-state index in [9.17, 15) is 5.11 Å². The molecule has 1 saturated heterocycles. The van der Waals surface area contributed by atoms with Gasteiger partial charge in [0.1, 0.15) is 0 Å². The Bertz CT molecular complexity index is 172. The van der Waals surface area contributed by atoms with Crippen LogP contribution in [0.4, 0.5) is 0 Å². The quantitative estimate of drug-likeness (QED) is 0.727. The van der Waals surface area contributed by atoms with E-state index in [1.807, 2.05) is 0 Å². The number of rotatable bonds is 4. The highest BCUT2D eigenvalue weighted by Gasteiger charge is 2.38. The molecule has 84 valence electrons. The molecule has 1 aliphatic heterocycles. The van der Waals surface area contributed by atoms with Crippen molar-refractivity contribution >= 4 is 0 Å². The van der Waals surface area contributed by atoms with Crippen molar-refractivity contribution in [2.45, 2.75) is 52.1 Å². The van der Waals surface area contributed by atoms with E-state index < -0.39 is 5.60 Å². The molecule has 1 rings (SSSR count). The van der Waals surface area contributed by atoms with E-state index in [-0.39, 0.29) is 0 Å². The third-order valence-electron chi connectivity index (χ3n) is 3.78. The Morgan fingerprint density at radius 1 is 1.50 bits per heavy atom. The van der Waals surface area contributed by atoms with Gasteiger partial charge in [-0.25, -0.2) is 0 Å². The van der Waals surface area contributed by atoms with Crippen LogP contribution in [0.15, 0.2) is 0 Å². The Morgan fingerprint density at radius 2 is 2.21 bits per heavy atom. The first-order chi connectivity index (χ1) is 6.62. The van der Waals surface area contributed by atoms with Crippen LogP contribution < -0.4 is 5.32 Å². The van der Waals surface area contributed by atoms with Crippen molar-refractivity contribution < 1.29 is 5.11 Å². The third-order valence-corrected chi connectivity index (χ3v) is 3.78. The van der Waals surface area contributed by atoms with Gasteiger partial charge >= 0.3 is 0 Å². The highest BCUT2D eigenvalue weighted by atomic mass is 16.3. The molecular formula is C12H25NO. The summed E-state index contributed by atoms with van der Waals surface area (Å²) in [7, 11) is 0. The molecule has 0 aromatic heterocycles. The minimum Gasteiger partial charge on any atom is -0.389 e. The van der Waals surface area contributed by atoms with Crippen molar-refractivity contribution in [2.75, 3.05) is 13.1 Å². The summed E-state index contributed by atoms with van der Waals surface area (Å²) in [5.74, 6) is 1.09. The maximum absolute atomic E-state index is 10.6. The van der Waals surface area contributed by atoms with Crippen molar-refractivity contribution in [2.24, 2.45) is 11.8 Å². The van der Waals surface area contributed by atoms with Crippen LogP contribution in [0, 0.1) is 11.8 Å². The molecule has 0 saturated carbocycles. The van der Waals surface area contributed by atoms with Crippen LogP contribution in [0.1, 0.15) is 46.5 Å². The second-order valence-corrected chi connectivity index (χ2v) is 4.88. The van der Waals surface area contributed by atoms with Gasteiger partial charge in [0.05, 0.1) is 5.60 Å². The summed E-state index contributed by atoms with van der Waals surface area (Å²) in [5.41, 5.74) is -0.393. The average molecular weight is 199 g/mol. The maximum Gasteiger partial charge on any atom is 0.0702 e. The lowest BCUT2D eigenvalue weighted by molar-refractivity contribution is -0.0590. The fourth-order valence-corrected chi connectivity index (χ4v) is 2.52. The summed E-state index contributed by atoms with van der Waals surface area (Å²) in [6.07, 6.45) is 4.16. The Labute approximate surface area is 88.1 Å². The van der Waals surface area contributed by atoms with Crippen LogP contribution in [-0.4, -0.2) is 23.8 Å². The predicted molar refractivity (Wildman–Crippen MR) is 60.3 cm³/mol. The van der Waals surface area contributed by atoms with Gasteiger partial charge in [-0.1, -0.05) is 27.2 Å². The van der Waals surface area contributed by atoms with Gasteiger partial charge in [-0.05, 0) is 37.6 Å². The molecule has 3 atom stereocenters. The second-order valence-electron chi connectivity index (χ2n) is 4.88. The number of nitrogens with one attached hydrogen (secondary N) is 1. The lowest BCUT2D eigenvalue weighted by atomic mass is 9.74. The minimum absolute atomic E-state index is 0.393. The lowest BCUT2D eigenvalue weighted by Crippen LogP contribution is -2.50. The van der Waals surface area contributed by atoms with Gasteiger partial charge in [0.15, 0.2) is 0 Å². The molecule has 2 nitrogen and oxygen atoms in total. The van der Waals surface area contributed by atoms with Crippen LogP contribution in [0.2, 0.25) is 0 Å². The highest BCUT2D eigenvalue weighted by Crippen LogP contribution is 2.33. The Hall–Kier alpha value is -0.0800. The standard InChI is InChI=1S/C12H25NO/c1-4-10(3)8-12(14)6-7-13-9-11(12)5-2/h10-11,13-14H,4-9H2,1-3H3. The SMILES string of the molecule is CCC(C)CC1(O)CCNCC1CC. The monoisotopic (exact) mass is 199 g/mol. The summed E-state index contributed by atoms with van der Waals surface area (Å²) >= 11 is 0. The molecule has 0 aromatic carbocycles. The Morgan fingerprint density at radius 3 is 2.79 bits per heavy atom. The van der Waals surface area contributed by atoms with E-state index in [4.69, 9.17) is 0 Å². The smallest absolute Gasteiger partial charge is 0.0702 e. The van der Waals surface area contributed by atoms with Crippen LogP contribution >= 0.6 is 0 Å². The first-order valence-corrected chi connectivity index (χ1v) is 6.05. The van der Waals surface area contributed by atoms with Gasteiger partial charge in [-0.15, -0.1) is 0 Å². The number of hydrogen-bond acceptors (Lipinski definition) is 2. The third kappa shape index (κ3) is 2.71. The van der Waals surface area contributed by atoms with Gasteiger partial charge in [-0.3, -0.25) is 0 Å². The van der Waals surface area contributed by atoms with E-state index in [2.05, 4.69) is 26.1 Å². The van der Waals surface area contributed by atoms with E-state index in [1.54, 1.807) is 0 Å². The zero-order valence-corrected chi connectivity index (χ0v) is 9.84. The van der Waals surface area contributed by atoms with E-state index >= 15 is 0 Å². The molecule has 0 radical (unpaired) electrons. The molecule has 2 heteroatoms.